The summed E-state index contributed by atoms with van der Waals surface area (Å²) in [5, 5.41) is -1.05. The lowest BCUT2D eigenvalue weighted by Gasteiger charge is -2.25. The minimum absolute atomic E-state index is 0.0886. The molecule has 1 aliphatic rings. The number of rotatable bonds is 11. The minimum Gasteiger partial charge on any atom is -0.466 e. The van der Waals surface area contributed by atoms with Crippen LogP contribution >= 0.6 is 22.9 Å². The molecule has 1 heterocycles. The van der Waals surface area contributed by atoms with E-state index in [4.69, 9.17) is 21.1 Å². The summed E-state index contributed by atoms with van der Waals surface area (Å²) in [6, 6.07) is 0. The highest BCUT2D eigenvalue weighted by Gasteiger charge is 2.35. The van der Waals surface area contributed by atoms with Gasteiger partial charge in [0, 0.05) is 22.4 Å². The van der Waals surface area contributed by atoms with Gasteiger partial charge in [-0.1, -0.05) is 38.3 Å². The molecule has 0 fully saturated rings. The van der Waals surface area contributed by atoms with Crippen LogP contribution in [0.15, 0.2) is 11.1 Å². The molecule has 0 aromatic carbocycles. The van der Waals surface area contributed by atoms with Crippen molar-refractivity contribution in [3.63, 3.8) is 0 Å². The number of halogens is 2. The summed E-state index contributed by atoms with van der Waals surface area (Å²) in [4.78, 5) is 51.8. The van der Waals surface area contributed by atoms with Gasteiger partial charge in [-0.05, 0) is 39.0 Å². The van der Waals surface area contributed by atoms with E-state index in [2.05, 4.69) is 0 Å². The van der Waals surface area contributed by atoms with Gasteiger partial charge in [0.25, 0.3) is 5.91 Å². The van der Waals surface area contributed by atoms with Crippen molar-refractivity contribution in [2.24, 2.45) is 0 Å². The molecule has 1 aromatic rings. The van der Waals surface area contributed by atoms with E-state index in [1.54, 1.807) is 13.8 Å². The van der Waals surface area contributed by atoms with Gasteiger partial charge in [-0.3, -0.25) is 14.4 Å². The summed E-state index contributed by atoms with van der Waals surface area (Å²) >= 11 is 6.94. The fraction of sp³-hybridized carbons (Fsp3) is 0.583. The molecule has 0 saturated carbocycles. The molecular weight excluding hydrogens is 485 g/mol. The Bertz CT molecular complexity index is 958. The van der Waals surface area contributed by atoms with Crippen LogP contribution in [-0.2, 0) is 35.1 Å². The molecule has 1 aromatic heterocycles. The second-order valence-corrected chi connectivity index (χ2v) is 9.27. The average molecular weight is 516 g/mol. The van der Waals surface area contributed by atoms with Crippen LogP contribution in [0.1, 0.15) is 77.0 Å². The molecule has 0 spiro atoms. The van der Waals surface area contributed by atoms with E-state index in [1.165, 1.54) is 0 Å². The first-order valence-corrected chi connectivity index (χ1v) is 12.8. The van der Waals surface area contributed by atoms with Crippen LogP contribution in [0.3, 0.4) is 0 Å². The number of esters is 2. The van der Waals surface area contributed by atoms with Crippen molar-refractivity contribution in [2.75, 3.05) is 18.1 Å². The summed E-state index contributed by atoms with van der Waals surface area (Å²) in [6.07, 6.45) is 4.21. The maximum absolute atomic E-state index is 15.0. The van der Waals surface area contributed by atoms with E-state index in [9.17, 15) is 19.2 Å². The lowest BCUT2D eigenvalue weighted by Crippen LogP contribution is -2.39. The number of nitrogens with zero attached hydrogens (tertiary/aromatic N) is 1. The predicted molar refractivity (Wildman–Crippen MR) is 128 cm³/mol. The van der Waals surface area contributed by atoms with Crippen molar-refractivity contribution in [3.05, 3.63) is 26.2 Å². The molecule has 0 unspecified atom stereocenters. The first-order chi connectivity index (χ1) is 16.3. The fourth-order valence-electron chi connectivity index (χ4n) is 3.67. The van der Waals surface area contributed by atoms with E-state index < -0.39 is 34.6 Å². The molecule has 1 aliphatic carbocycles. The summed E-state index contributed by atoms with van der Waals surface area (Å²) in [5.41, 5.74) is -0.0288. The van der Waals surface area contributed by atoms with Gasteiger partial charge in [-0.15, -0.1) is 11.3 Å². The molecule has 0 aliphatic heterocycles. The van der Waals surface area contributed by atoms with E-state index in [-0.39, 0.29) is 53.5 Å². The highest BCUT2D eigenvalue weighted by molar-refractivity contribution is 7.11. The molecule has 188 valence electrons. The van der Waals surface area contributed by atoms with E-state index >= 15 is 4.39 Å². The Morgan fingerprint density at radius 3 is 2.32 bits per heavy atom. The number of hydrogen-bond donors (Lipinski definition) is 0. The van der Waals surface area contributed by atoms with Gasteiger partial charge in [0.15, 0.2) is 0 Å². The largest absolute Gasteiger partial charge is 0.466 e. The number of amides is 2. The number of carbonyl (C=O) groups excluding carboxylic acids is 4. The van der Waals surface area contributed by atoms with E-state index in [1.807, 2.05) is 6.92 Å². The predicted octanol–water partition coefficient (Wildman–Crippen LogP) is 5.52. The maximum Gasteiger partial charge on any atom is 0.334 e. The van der Waals surface area contributed by atoms with Gasteiger partial charge in [-0.25, -0.2) is 9.69 Å². The zero-order valence-electron chi connectivity index (χ0n) is 19.8. The van der Waals surface area contributed by atoms with Crippen LogP contribution in [0.4, 0.5) is 10.1 Å². The number of thiophene rings is 1. The van der Waals surface area contributed by atoms with Crippen LogP contribution in [-0.4, -0.2) is 37.0 Å². The Morgan fingerprint density at radius 1 is 1.03 bits per heavy atom. The lowest BCUT2D eigenvalue weighted by atomic mass is 9.90. The Kier molecular flexibility index (Phi) is 11.2. The van der Waals surface area contributed by atoms with Crippen LogP contribution < -0.4 is 4.90 Å². The zero-order valence-corrected chi connectivity index (χ0v) is 21.4. The zero-order chi connectivity index (χ0) is 25.3. The van der Waals surface area contributed by atoms with Gasteiger partial charge in [0.2, 0.25) is 11.0 Å². The molecule has 2 rings (SSSR count). The van der Waals surface area contributed by atoms with E-state index in [0.29, 0.717) is 35.5 Å². The second kappa shape index (κ2) is 13.6. The number of unbranched alkanes of at least 4 members (excludes halogenated alkanes) is 2. The Morgan fingerprint density at radius 2 is 1.71 bits per heavy atom. The van der Waals surface area contributed by atoms with Gasteiger partial charge in [0.1, 0.15) is 5.69 Å². The third-order valence-corrected chi connectivity index (χ3v) is 6.88. The van der Waals surface area contributed by atoms with Crippen LogP contribution in [0.25, 0.3) is 0 Å². The van der Waals surface area contributed by atoms with Crippen LogP contribution in [0, 0.1) is 5.13 Å². The molecule has 34 heavy (non-hydrogen) atoms. The molecule has 0 radical (unpaired) electrons. The third-order valence-electron chi connectivity index (χ3n) is 5.39. The SMILES string of the molecule is CCCCCOC(=O)C1=C(C(=O)N(C(=O)CC)c2c(F)sc(CC(=O)OCC)c2Cl)CCCC1. The summed E-state index contributed by atoms with van der Waals surface area (Å²) in [5.74, 6) is -2.63. The number of imide groups is 1. The highest BCUT2D eigenvalue weighted by atomic mass is 35.5. The van der Waals surface area contributed by atoms with Crippen molar-refractivity contribution >= 4 is 52.4 Å². The monoisotopic (exact) mass is 515 g/mol. The highest BCUT2D eigenvalue weighted by Crippen LogP contribution is 2.41. The van der Waals surface area contributed by atoms with Crippen molar-refractivity contribution in [3.8, 4) is 0 Å². The summed E-state index contributed by atoms with van der Waals surface area (Å²) in [6.45, 7) is 5.62. The average Bonchev–Trinajstić information content (AvgIpc) is 3.09. The van der Waals surface area contributed by atoms with Crippen molar-refractivity contribution in [2.45, 2.75) is 78.6 Å². The van der Waals surface area contributed by atoms with Gasteiger partial charge in [-0.2, -0.15) is 4.39 Å². The fourth-order valence-corrected chi connectivity index (χ4v) is 4.95. The number of carbonyl (C=O) groups is 4. The smallest absolute Gasteiger partial charge is 0.334 e. The van der Waals surface area contributed by atoms with Crippen LogP contribution in [0.5, 0.6) is 0 Å². The third kappa shape index (κ3) is 6.88. The maximum atomic E-state index is 15.0. The van der Waals surface area contributed by atoms with Crippen LogP contribution in [0.2, 0.25) is 5.02 Å². The summed E-state index contributed by atoms with van der Waals surface area (Å²) in [7, 11) is 0. The summed E-state index contributed by atoms with van der Waals surface area (Å²) < 4.78 is 25.2. The number of anilines is 1. The van der Waals surface area contributed by atoms with Gasteiger partial charge >= 0.3 is 11.9 Å². The quantitative estimate of drug-likeness (QED) is 0.285. The first kappa shape index (κ1) is 28.0. The Balaban J connectivity index is 2.43. The van der Waals surface area contributed by atoms with Gasteiger partial charge in [0.05, 0.1) is 24.7 Å². The Labute approximate surface area is 208 Å². The molecule has 10 heteroatoms. The molecule has 0 saturated heterocycles. The minimum atomic E-state index is -0.862. The van der Waals surface area contributed by atoms with Crippen molar-refractivity contribution in [1.29, 1.82) is 0 Å². The molecule has 2 amide bonds. The normalized spacial score (nSPS) is 13.6. The van der Waals surface area contributed by atoms with Crippen molar-refractivity contribution in [1.82, 2.24) is 0 Å². The van der Waals surface area contributed by atoms with E-state index in [0.717, 1.165) is 19.3 Å². The molecule has 0 atom stereocenters. The lowest BCUT2D eigenvalue weighted by molar-refractivity contribution is -0.142. The Hall–Kier alpha value is -2.26. The van der Waals surface area contributed by atoms with Gasteiger partial charge < -0.3 is 9.47 Å². The topological polar surface area (TPSA) is 90.0 Å². The molecule has 0 bridgehead atoms. The molecular formula is C24H31ClFNO6S. The second-order valence-electron chi connectivity index (χ2n) is 7.84. The first-order valence-electron chi connectivity index (χ1n) is 11.6. The number of ether oxygens (including phenoxy) is 2. The standard InChI is InChI=1S/C24H31ClFNO6S/c1-4-7-10-13-33-24(31)16-12-9-8-11-15(16)23(30)27(18(28)5-2)21-20(25)17(34-22(21)26)14-19(29)32-6-3/h4-14H2,1-3H3. The number of hydrogen-bond acceptors (Lipinski definition) is 7. The molecule has 0 N–H and O–H groups in total. The molecule has 7 nitrogen and oxygen atoms in total. The van der Waals surface area contributed by atoms with Crippen molar-refractivity contribution < 1.29 is 33.0 Å².